The van der Waals surface area contributed by atoms with Crippen molar-refractivity contribution < 1.29 is 5.21 Å². The van der Waals surface area contributed by atoms with E-state index in [1.807, 2.05) is 0 Å². The highest BCUT2D eigenvalue weighted by molar-refractivity contribution is 7.08. The Morgan fingerprint density at radius 3 is 2.70 bits per heavy atom. The van der Waals surface area contributed by atoms with Gasteiger partial charge in [-0.2, -0.15) is 16.4 Å². The molecular formula is C7H11NOS. The van der Waals surface area contributed by atoms with Crippen molar-refractivity contribution in [3.05, 3.63) is 21.9 Å². The molecule has 1 N–H and O–H groups in total. The van der Waals surface area contributed by atoms with Gasteiger partial charge in [0.15, 0.2) is 0 Å². The zero-order valence-corrected chi connectivity index (χ0v) is 6.98. The van der Waals surface area contributed by atoms with Crippen LogP contribution in [-0.4, -0.2) is 17.3 Å². The SMILES string of the molecule is Cc1cscc1CN(C)O. The highest BCUT2D eigenvalue weighted by Gasteiger charge is 1.99. The summed E-state index contributed by atoms with van der Waals surface area (Å²) in [6.45, 7) is 2.67. The molecule has 0 spiro atoms. The van der Waals surface area contributed by atoms with Gasteiger partial charge >= 0.3 is 0 Å². The fourth-order valence-electron chi connectivity index (χ4n) is 0.795. The predicted molar refractivity (Wildman–Crippen MR) is 42.3 cm³/mol. The highest BCUT2D eigenvalue weighted by Crippen LogP contribution is 2.14. The molecule has 1 rings (SSSR count). The molecule has 0 aliphatic heterocycles. The Hall–Kier alpha value is -0.380. The first kappa shape index (κ1) is 7.72. The second kappa shape index (κ2) is 3.14. The third-order valence-electron chi connectivity index (χ3n) is 1.36. The van der Waals surface area contributed by atoms with Crippen LogP contribution in [0.25, 0.3) is 0 Å². The molecule has 0 aliphatic carbocycles. The van der Waals surface area contributed by atoms with Crippen LogP contribution in [-0.2, 0) is 6.54 Å². The van der Waals surface area contributed by atoms with Gasteiger partial charge in [-0.1, -0.05) is 0 Å². The van der Waals surface area contributed by atoms with Crippen molar-refractivity contribution in [1.82, 2.24) is 5.06 Å². The minimum atomic E-state index is 0.620. The molecular weight excluding hydrogens is 146 g/mol. The van der Waals surface area contributed by atoms with Crippen LogP contribution in [0, 0.1) is 6.92 Å². The molecule has 0 aromatic carbocycles. The van der Waals surface area contributed by atoms with Gasteiger partial charge in [0.25, 0.3) is 0 Å². The second-order valence-corrected chi connectivity index (χ2v) is 3.14. The van der Waals surface area contributed by atoms with Crippen LogP contribution in [0.15, 0.2) is 10.8 Å². The number of hydroxylamine groups is 2. The lowest BCUT2D eigenvalue weighted by molar-refractivity contribution is -0.0731. The van der Waals surface area contributed by atoms with Gasteiger partial charge in [-0.15, -0.1) is 0 Å². The Bertz CT molecular complexity index is 207. The first-order valence-corrected chi connectivity index (χ1v) is 4.06. The van der Waals surface area contributed by atoms with Gasteiger partial charge in [-0.05, 0) is 28.8 Å². The molecule has 1 aromatic rings. The lowest BCUT2D eigenvalue weighted by Crippen LogP contribution is -2.11. The summed E-state index contributed by atoms with van der Waals surface area (Å²) >= 11 is 1.67. The first-order valence-electron chi connectivity index (χ1n) is 3.12. The Labute approximate surface area is 64.7 Å². The van der Waals surface area contributed by atoms with Gasteiger partial charge < -0.3 is 5.21 Å². The van der Waals surface area contributed by atoms with Crippen LogP contribution < -0.4 is 0 Å². The maximum atomic E-state index is 8.89. The van der Waals surface area contributed by atoms with E-state index in [9.17, 15) is 0 Å². The van der Waals surface area contributed by atoms with E-state index in [1.165, 1.54) is 16.2 Å². The molecule has 0 saturated heterocycles. The summed E-state index contributed by atoms with van der Waals surface area (Å²) in [5.41, 5.74) is 2.46. The number of thiophene rings is 1. The van der Waals surface area contributed by atoms with Gasteiger partial charge in [-0.25, -0.2) is 0 Å². The summed E-state index contributed by atoms with van der Waals surface area (Å²) in [6, 6.07) is 0. The maximum Gasteiger partial charge on any atom is 0.0496 e. The monoisotopic (exact) mass is 157 g/mol. The molecule has 0 radical (unpaired) electrons. The summed E-state index contributed by atoms with van der Waals surface area (Å²) < 4.78 is 0. The molecule has 0 atom stereocenters. The molecule has 1 heterocycles. The molecule has 2 nitrogen and oxygen atoms in total. The second-order valence-electron chi connectivity index (χ2n) is 2.40. The molecule has 0 unspecified atom stereocenters. The maximum absolute atomic E-state index is 8.89. The summed E-state index contributed by atoms with van der Waals surface area (Å²) in [7, 11) is 1.65. The van der Waals surface area contributed by atoms with Crippen LogP contribution in [0.5, 0.6) is 0 Å². The van der Waals surface area contributed by atoms with Crippen molar-refractivity contribution >= 4 is 11.3 Å². The standard InChI is InChI=1S/C7H11NOS/c1-6-4-10-5-7(6)3-8(2)9/h4-5,9H,3H2,1-2H3. The normalized spacial score (nSPS) is 10.8. The molecule has 0 saturated carbocycles. The number of hydrogen-bond acceptors (Lipinski definition) is 3. The van der Waals surface area contributed by atoms with Crippen LogP contribution >= 0.6 is 11.3 Å². The Morgan fingerprint density at radius 1 is 1.60 bits per heavy atom. The summed E-state index contributed by atoms with van der Waals surface area (Å²) in [5, 5.41) is 14.2. The largest absolute Gasteiger partial charge is 0.314 e. The van der Waals surface area contributed by atoms with Crippen molar-refractivity contribution in [3.8, 4) is 0 Å². The minimum Gasteiger partial charge on any atom is -0.314 e. The van der Waals surface area contributed by atoms with Crippen molar-refractivity contribution in [2.24, 2.45) is 0 Å². The van der Waals surface area contributed by atoms with Crippen molar-refractivity contribution in [2.75, 3.05) is 7.05 Å². The van der Waals surface area contributed by atoms with Gasteiger partial charge in [0.2, 0.25) is 0 Å². The zero-order chi connectivity index (χ0) is 7.56. The van der Waals surface area contributed by atoms with Crippen LogP contribution in [0.2, 0.25) is 0 Å². The quantitative estimate of drug-likeness (QED) is 0.662. The van der Waals surface area contributed by atoms with Gasteiger partial charge in [0.05, 0.1) is 0 Å². The van der Waals surface area contributed by atoms with Crippen molar-refractivity contribution in [3.63, 3.8) is 0 Å². The van der Waals surface area contributed by atoms with Crippen LogP contribution in [0.1, 0.15) is 11.1 Å². The third kappa shape index (κ3) is 1.80. The van der Waals surface area contributed by atoms with Crippen LogP contribution in [0.3, 0.4) is 0 Å². The minimum absolute atomic E-state index is 0.620. The highest BCUT2D eigenvalue weighted by atomic mass is 32.1. The number of nitrogens with zero attached hydrogens (tertiary/aromatic N) is 1. The van der Waals surface area contributed by atoms with Gasteiger partial charge in [-0.3, -0.25) is 0 Å². The van der Waals surface area contributed by atoms with Crippen LogP contribution in [0.4, 0.5) is 0 Å². The molecule has 0 amide bonds. The number of rotatable bonds is 2. The topological polar surface area (TPSA) is 23.5 Å². The predicted octanol–water partition coefficient (Wildman–Crippen LogP) is 1.88. The lowest BCUT2D eigenvalue weighted by atomic mass is 10.2. The smallest absolute Gasteiger partial charge is 0.0496 e. The van der Waals surface area contributed by atoms with E-state index < -0.39 is 0 Å². The molecule has 10 heavy (non-hydrogen) atoms. The number of aryl methyl sites for hydroxylation is 1. The Balaban J connectivity index is 2.65. The average molecular weight is 157 g/mol. The first-order chi connectivity index (χ1) is 4.70. The Morgan fingerprint density at radius 2 is 2.30 bits per heavy atom. The van der Waals surface area contributed by atoms with Gasteiger partial charge in [0.1, 0.15) is 0 Å². The third-order valence-corrected chi connectivity index (χ3v) is 2.27. The van der Waals surface area contributed by atoms with E-state index in [0.717, 1.165) is 0 Å². The fraction of sp³-hybridized carbons (Fsp3) is 0.429. The molecule has 56 valence electrons. The van der Waals surface area contributed by atoms with Crippen molar-refractivity contribution in [2.45, 2.75) is 13.5 Å². The Kier molecular flexibility index (Phi) is 2.43. The van der Waals surface area contributed by atoms with E-state index in [1.54, 1.807) is 18.4 Å². The van der Waals surface area contributed by atoms with Gasteiger partial charge in [0, 0.05) is 13.6 Å². The lowest BCUT2D eigenvalue weighted by Gasteiger charge is -2.06. The molecule has 1 aromatic heterocycles. The molecule has 0 aliphatic rings. The van der Waals surface area contributed by atoms with Crippen molar-refractivity contribution in [1.29, 1.82) is 0 Å². The van der Waals surface area contributed by atoms with E-state index >= 15 is 0 Å². The van der Waals surface area contributed by atoms with E-state index in [2.05, 4.69) is 17.7 Å². The van der Waals surface area contributed by atoms with E-state index in [4.69, 9.17) is 5.21 Å². The summed E-state index contributed by atoms with van der Waals surface area (Å²) in [5.74, 6) is 0. The summed E-state index contributed by atoms with van der Waals surface area (Å²) in [4.78, 5) is 0. The van der Waals surface area contributed by atoms with E-state index in [0.29, 0.717) is 6.54 Å². The zero-order valence-electron chi connectivity index (χ0n) is 6.16. The molecule has 0 bridgehead atoms. The molecule has 3 heteroatoms. The number of hydrogen-bond donors (Lipinski definition) is 1. The molecule has 0 fully saturated rings. The fourth-order valence-corrected chi connectivity index (χ4v) is 1.64. The average Bonchev–Trinajstić information content (AvgIpc) is 2.15. The summed E-state index contributed by atoms with van der Waals surface area (Å²) in [6.07, 6.45) is 0. The van der Waals surface area contributed by atoms with E-state index in [-0.39, 0.29) is 0 Å².